The molecule has 7 nitrogen and oxygen atoms in total. The van der Waals surface area contributed by atoms with Crippen molar-refractivity contribution in [2.24, 2.45) is 10.9 Å². The molecule has 1 heterocycles. The first kappa shape index (κ1) is 22.4. The van der Waals surface area contributed by atoms with Crippen LogP contribution in [-0.2, 0) is 11.3 Å². The lowest BCUT2D eigenvalue weighted by molar-refractivity contribution is -0.137. The first-order valence-electron chi connectivity index (χ1n) is 11.4. The largest absolute Gasteiger partial charge is 0.497 e. The van der Waals surface area contributed by atoms with E-state index in [2.05, 4.69) is 38.4 Å². The summed E-state index contributed by atoms with van der Waals surface area (Å²) in [6.07, 6.45) is 4.61. The lowest BCUT2D eigenvalue weighted by atomic mass is 10.1. The number of rotatable bonds is 8. The Hall–Kier alpha value is -2.28. The summed E-state index contributed by atoms with van der Waals surface area (Å²) in [6.45, 7) is 8.92. The van der Waals surface area contributed by atoms with Crippen LogP contribution in [0.2, 0.25) is 0 Å². The monoisotopic (exact) mass is 415 g/mol. The zero-order chi connectivity index (χ0) is 21.2. The van der Waals surface area contributed by atoms with Crippen molar-refractivity contribution in [3.05, 3.63) is 29.8 Å². The molecule has 1 amide bonds. The maximum absolute atomic E-state index is 12.6. The second-order valence-electron chi connectivity index (χ2n) is 8.12. The molecule has 3 rings (SSSR count). The van der Waals surface area contributed by atoms with Crippen molar-refractivity contribution in [3.63, 3.8) is 0 Å². The van der Waals surface area contributed by atoms with Crippen LogP contribution in [0, 0.1) is 5.92 Å². The van der Waals surface area contributed by atoms with E-state index in [0.29, 0.717) is 18.4 Å². The third-order valence-corrected chi connectivity index (χ3v) is 6.01. The van der Waals surface area contributed by atoms with E-state index >= 15 is 0 Å². The minimum Gasteiger partial charge on any atom is -0.497 e. The number of benzene rings is 1. The number of piperazine rings is 1. The Morgan fingerprint density at radius 2 is 1.93 bits per heavy atom. The number of nitrogens with one attached hydrogen (secondary N) is 2. The SMILES string of the molecule is CCNC(=NCc1cccc(OC)c1)NCCN1CCN(C(=O)C2CCCC2)CC1. The molecule has 2 N–H and O–H groups in total. The van der Waals surface area contributed by atoms with E-state index in [1.54, 1.807) is 7.11 Å². The number of hydrogen-bond donors (Lipinski definition) is 2. The molecular weight excluding hydrogens is 378 g/mol. The van der Waals surface area contributed by atoms with Gasteiger partial charge in [-0.25, -0.2) is 4.99 Å². The molecule has 0 bridgehead atoms. The molecule has 30 heavy (non-hydrogen) atoms. The summed E-state index contributed by atoms with van der Waals surface area (Å²) in [7, 11) is 1.68. The number of methoxy groups -OCH3 is 1. The molecule has 2 aliphatic rings. The number of aliphatic imine (C=N–C) groups is 1. The highest BCUT2D eigenvalue weighted by Crippen LogP contribution is 2.26. The summed E-state index contributed by atoms with van der Waals surface area (Å²) in [4.78, 5) is 21.8. The minimum atomic E-state index is 0.293. The van der Waals surface area contributed by atoms with Crippen LogP contribution in [0.5, 0.6) is 5.75 Å². The second-order valence-corrected chi connectivity index (χ2v) is 8.12. The molecule has 2 fully saturated rings. The third-order valence-electron chi connectivity index (χ3n) is 6.01. The maximum Gasteiger partial charge on any atom is 0.225 e. The number of carbonyl (C=O) groups is 1. The van der Waals surface area contributed by atoms with E-state index < -0.39 is 0 Å². The first-order valence-corrected chi connectivity index (χ1v) is 11.4. The van der Waals surface area contributed by atoms with Crippen molar-refractivity contribution in [1.29, 1.82) is 0 Å². The van der Waals surface area contributed by atoms with Crippen LogP contribution in [0.15, 0.2) is 29.3 Å². The van der Waals surface area contributed by atoms with Gasteiger partial charge in [-0.1, -0.05) is 25.0 Å². The Labute approximate surface area is 180 Å². The van der Waals surface area contributed by atoms with Crippen LogP contribution in [0.4, 0.5) is 0 Å². The average molecular weight is 416 g/mol. The Morgan fingerprint density at radius 1 is 1.17 bits per heavy atom. The number of carbonyl (C=O) groups excluding carboxylic acids is 1. The van der Waals surface area contributed by atoms with Gasteiger partial charge in [0.05, 0.1) is 13.7 Å². The van der Waals surface area contributed by atoms with Gasteiger partial charge in [0.1, 0.15) is 5.75 Å². The van der Waals surface area contributed by atoms with Gasteiger partial charge in [-0.15, -0.1) is 0 Å². The number of hydrogen-bond acceptors (Lipinski definition) is 4. The fourth-order valence-electron chi connectivity index (χ4n) is 4.24. The van der Waals surface area contributed by atoms with Crippen molar-refractivity contribution in [1.82, 2.24) is 20.4 Å². The first-order chi connectivity index (χ1) is 14.7. The predicted molar refractivity (Wildman–Crippen MR) is 121 cm³/mol. The summed E-state index contributed by atoms with van der Waals surface area (Å²) in [5.41, 5.74) is 1.12. The summed E-state index contributed by atoms with van der Waals surface area (Å²) in [5.74, 6) is 2.37. The summed E-state index contributed by atoms with van der Waals surface area (Å²) in [5, 5.41) is 6.74. The Balaban J connectivity index is 1.39. The number of nitrogens with zero attached hydrogens (tertiary/aromatic N) is 3. The van der Waals surface area contributed by atoms with Gasteiger partial charge in [-0.2, -0.15) is 0 Å². The molecule has 0 spiro atoms. The lowest BCUT2D eigenvalue weighted by Crippen LogP contribution is -2.51. The zero-order valence-corrected chi connectivity index (χ0v) is 18.5. The van der Waals surface area contributed by atoms with Gasteiger partial charge >= 0.3 is 0 Å². The molecule has 1 aromatic rings. The number of ether oxygens (including phenoxy) is 1. The third kappa shape index (κ3) is 6.62. The van der Waals surface area contributed by atoms with Gasteiger partial charge in [0, 0.05) is 51.7 Å². The van der Waals surface area contributed by atoms with Crippen molar-refractivity contribution >= 4 is 11.9 Å². The van der Waals surface area contributed by atoms with E-state index in [0.717, 1.165) is 75.9 Å². The van der Waals surface area contributed by atoms with Crippen LogP contribution in [0.1, 0.15) is 38.2 Å². The average Bonchev–Trinajstić information content (AvgIpc) is 3.32. The molecule has 0 unspecified atom stereocenters. The summed E-state index contributed by atoms with van der Waals surface area (Å²) >= 11 is 0. The Bertz CT molecular complexity index is 695. The van der Waals surface area contributed by atoms with Gasteiger partial charge in [0.25, 0.3) is 0 Å². The van der Waals surface area contributed by atoms with Crippen molar-refractivity contribution in [2.45, 2.75) is 39.2 Å². The second kappa shape index (κ2) is 11.8. The fourth-order valence-corrected chi connectivity index (χ4v) is 4.24. The highest BCUT2D eigenvalue weighted by atomic mass is 16.5. The van der Waals surface area contributed by atoms with Crippen LogP contribution in [0.3, 0.4) is 0 Å². The summed E-state index contributed by atoms with van der Waals surface area (Å²) in [6, 6.07) is 8.00. The standard InChI is InChI=1S/C23H37N5O2/c1-3-24-23(26-18-19-7-6-10-21(17-19)30-2)25-11-12-27-13-15-28(16-14-27)22(29)20-8-4-5-9-20/h6-7,10,17,20H,3-5,8-9,11-16,18H2,1-2H3,(H2,24,25,26). The maximum atomic E-state index is 12.6. The van der Waals surface area contributed by atoms with E-state index in [-0.39, 0.29) is 0 Å². The fraction of sp³-hybridized carbons (Fsp3) is 0.652. The highest BCUT2D eigenvalue weighted by molar-refractivity contribution is 5.80. The van der Waals surface area contributed by atoms with Crippen molar-refractivity contribution in [2.75, 3.05) is 52.9 Å². The van der Waals surface area contributed by atoms with E-state index in [1.165, 1.54) is 12.8 Å². The Kier molecular flexibility index (Phi) is 8.81. The molecule has 0 aromatic heterocycles. The molecule has 166 valence electrons. The topological polar surface area (TPSA) is 69.2 Å². The molecule has 0 atom stereocenters. The predicted octanol–water partition coefficient (Wildman–Crippen LogP) is 2.08. The van der Waals surface area contributed by atoms with Crippen LogP contribution < -0.4 is 15.4 Å². The molecule has 1 aromatic carbocycles. The molecule has 1 aliphatic carbocycles. The van der Waals surface area contributed by atoms with E-state index in [9.17, 15) is 4.79 Å². The van der Waals surface area contributed by atoms with Gasteiger partial charge in [0.2, 0.25) is 5.91 Å². The normalized spacial score (nSPS) is 18.5. The minimum absolute atomic E-state index is 0.293. The van der Waals surface area contributed by atoms with Crippen LogP contribution in [-0.4, -0.2) is 74.6 Å². The molecule has 1 saturated carbocycles. The number of amides is 1. The van der Waals surface area contributed by atoms with Gasteiger partial charge in [0.15, 0.2) is 5.96 Å². The smallest absolute Gasteiger partial charge is 0.225 e. The van der Waals surface area contributed by atoms with Gasteiger partial charge < -0.3 is 20.3 Å². The van der Waals surface area contributed by atoms with Crippen LogP contribution >= 0.6 is 0 Å². The van der Waals surface area contributed by atoms with Gasteiger partial charge in [-0.3, -0.25) is 9.69 Å². The van der Waals surface area contributed by atoms with Crippen LogP contribution in [0.25, 0.3) is 0 Å². The number of guanidine groups is 1. The molecule has 0 radical (unpaired) electrons. The molecule has 1 aliphatic heterocycles. The van der Waals surface area contributed by atoms with Gasteiger partial charge in [-0.05, 0) is 37.5 Å². The zero-order valence-electron chi connectivity index (χ0n) is 18.5. The summed E-state index contributed by atoms with van der Waals surface area (Å²) < 4.78 is 5.28. The quantitative estimate of drug-likeness (QED) is 0.503. The molecule has 7 heteroatoms. The highest BCUT2D eigenvalue weighted by Gasteiger charge is 2.29. The Morgan fingerprint density at radius 3 is 2.63 bits per heavy atom. The molecular formula is C23H37N5O2. The molecule has 1 saturated heterocycles. The van der Waals surface area contributed by atoms with Crippen molar-refractivity contribution < 1.29 is 9.53 Å². The van der Waals surface area contributed by atoms with E-state index in [1.807, 2.05) is 18.2 Å². The van der Waals surface area contributed by atoms with E-state index in [4.69, 9.17) is 4.74 Å². The van der Waals surface area contributed by atoms with Crippen molar-refractivity contribution in [3.8, 4) is 5.75 Å². The lowest BCUT2D eigenvalue weighted by Gasteiger charge is -2.36.